The molecule has 13 heteroatoms. The minimum atomic E-state index is -1.06. The van der Waals surface area contributed by atoms with Crippen LogP contribution in [0.25, 0.3) is 0 Å². The van der Waals surface area contributed by atoms with Gasteiger partial charge in [0.2, 0.25) is 0 Å². The second kappa shape index (κ2) is 15.7. The van der Waals surface area contributed by atoms with Crippen LogP contribution in [0.1, 0.15) is 73.4 Å². The molecule has 13 nitrogen and oxygen atoms in total. The fourth-order valence-corrected chi connectivity index (χ4v) is 2.18. The number of aromatic amines is 1. The molecular weight excluding hydrogens is 500 g/mol. The van der Waals surface area contributed by atoms with Crippen LogP contribution in [0.2, 0.25) is 0 Å². The quantitative estimate of drug-likeness (QED) is 0.289. The first-order chi connectivity index (χ1) is 17.3. The van der Waals surface area contributed by atoms with Crippen LogP contribution in [0.5, 0.6) is 0 Å². The van der Waals surface area contributed by atoms with Crippen LogP contribution in [0.3, 0.4) is 0 Å². The van der Waals surface area contributed by atoms with Crippen molar-refractivity contribution < 1.29 is 43.5 Å². The molecule has 0 saturated heterocycles. The number of ether oxygens (including phenoxy) is 4. The highest BCUT2D eigenvalue weighted by molar-refractivity contribution is 5.77. The second-order valence-electron chi connectivity index (χ2n) is 10.9. The van der Waals surface area contributed by atoms with Crippen molar-refractivity contribution in [2.24, 2.45) is 0 Å². The summed E-state index contributed by atoms with van der Waals surface area (Å²) >= 11 is 0. The van der Waals surface area contributed by atoms with Crippen LogP contribution in [0.4, 0.5) is 14.4 Å². The molecule has 2 heterocycles. The number of carbonyl (C=O) groups is 3. The van der Waals surface area contributed by atoms with Crippen molar-refractivity contribution in [1.29, 1.82) is 0 Å². The summed E-state index contributed by atoms with van der Waals surface area (Å²) in [5.41, 5.74) is -0.0610. The predicted octanol–water partition coefficient (Wildman–Crippen LogP) is 4.02. The zero-order chi connectivity index (χ0) is 29.6. The third-order valence-electron chi connectivity index (χ3n) is 3.52. The number of aromatic nitrogens is 4. The lowest BCUT2D eigenvalue weighted by Crippen LogP contribution is -2.29. The summed E-state index contributed by atoms with van der Waals surface area (Å²) in [4.78, 5) is 33.5. The van der Waals surface area contributed by atoms with Gasteiger partial charge in [-0.25, -0.2) is 14.4 Å². The topological polar surface area (TPSA) is 175 Å². The van der Waals surface area contributed by atoms with E-state index in [0.29, 0.717) is 12.8 Å². The summed E-state index contributed by atoms with van der Waals surface area (Å²) in [7, 11) is 0. The van der Waals surface area contributed by atoms with Gasteiger partial charge in [-0.2, -0.15) is 14.9 Å². The predicted molar refractivity (Wildman–Crippen MR) is 138 cm³/mol. The Labute approximate surface area is 223 Å². The normalized spacial score (nSPS) is 11.2. The molecule has 0 atom stereocenters. The fraction of sp³-hybridized carbons (Fsp3) is 0.640. The first-order valence-electron chi connectivity index (χ1n) is 12.0. The van der Waals surface area contributed by atoms with Crippen molar-refractivity contribution >= 4 is 18.4 Å². The highest BCUT2D eigenvalue weighted by Gasteiger charge is 2.24. The molecule has 0 aliphatic carbocycles. The summed E-state index contributed by atoms with van der Waals surface area (Å²) in [6.07, 6.45) is 5.14. The third kappa shape index (κ3) is 18.8. The highest BCUT2D eigenvalue weighted by atomic mass is 16.8. The van der Waals surface area contributed by atoms with Crippen molar-refractivity contribution in [2.45, 2.75) is 92.0 Å². The van der Waals surface area contributed by atoms with Gasteiger partial charge in [-0.05, 0) is 86.3 Å². The molecule has 2 rings (SSSR count). The van der Waals surface area contributed by atoms with E-state index >= 15 is 0 Å². The van der Waals surface area contributed by atoms with E-state index in [9.17, 15) is 14.4 Å². The van der Waals surface area contributed by atoms with E-state index in [1.54, 1.807) is 87.1 Å². The van der Waals surface area contributed by atoms with Crippen molar-refractivity contribution in [3.63, 3.8) is 0 Å². The monoisotopic (exact) mass is 542 g/mol. The number of aliphatic hydroxyl groups excluding tert-OH is 2. The van der Waals surface area contributed by atoms with Crippen LogP contribution in [0, 0.1) is 0 Å². The molecule has 0 bridgehead atoms. The van der Waals surface area contributed by atoms with Crippen LogP contribution >= 0.6 is 0 Å². The van der Waals surface area contributed by atoms with E-state index in [1.165, 1.54) is 0 Å². The zero-order valence-corrected chi connectivity index (χ0v) is 23.7. The average Bonchev–Trinajstić information content (AvgIpc) is 3.37. The maximum atomic E-state index is 11.5. The Morgan fingerprint density at radius 3 is 1.66 bits per heavy atom. The summed E-state index contributed by atoms with van der Waals surface area (Å²) in [6.45, 7) is 15.6. The molecule has 0 aliphatic rings. The van der Waals surface area contributed by atoms with Gasteiger partial charge in [0.05, 0.1) is 12.4 Å². The maximum absolute atomic E-state index is 11.5. The Kier molecular flexibility index (Phi) is 14.3. The van der Waals surface area contributed by atoms with Gasteiger partial charge >= 0.3 is 18.4 Å². The first kappa shape index (κ1) is 34.6. The van der Waals surface area contributed by atoms with Gasteiger partial charge in [-0.15, -0.1) is 0 Å². The van der Waals surface area contributed by atoms with Crippen LogP contribution in [-0.4, -0.2) is 78.6 Å². The van der Waals surface area contributed by atoms with Crippen molar-refractivity contribution in [3.05, 3.63) is 35.9 Å². The Bertz CT molecular complexity index is 940. The van der Waals surface area contributed by atoms with Crippen molar-refractivity contribution in [2.75, 3.05) is 13.2 Å². The molecule has 3 N–H and O–H groups in total. The minimum Gasteiger partial charge on any atom is -0.442 e. The molecule has 0 spiro atoms. The molecule has 216 valence electrons. The number of aliphatic hydroxyl groups is 2. The van der Waals surface area contributed by atoms with Gasteiger partial charge in [0.1, 0.15) is 16.8 Å². The molecule has 0 saturated carbocycles. The Hall–Kier alpha value is -3.45. The van der Waals surface area contributed by atoms with Crippen molar-refractivity contribution in [3.8, 4) is 0 Å². The average molecular weight is 543 g/mol. The lowest BCUT2D eigenvalue weighted by Gasteiger charge is -2.20. The molecule has 0 fully saturated rings. The number of H-pyrrole nitrogens is 1. The number of carbonyl (C=O) groups excluding carboxylic acids is 3. The van der Waals surface area contributed by atoms with Gasteiger partial charge in [0, 0.05) is 25.6 Å². The number of hydrogen-bond acceptors (Lipinski definition) is 11. The summed E-state index contributed by atoms with van der Waals surface area (Å²) in [5.74, 6) is 0. The van der Waals surface area contributed by atoms with E-state index in [1.807, 2.05) is 0 Å². The molecule has 0 unspecified atom stereocenters. The molecule has 38 heavy (non-hydrogen) atoms. The smallest absolute Gasteiger partial charge is 0.442 e. The van der Waals surface area contributed by atoms with E-state index in [4.69, 9.17) is 24.4 Å². The number of hydrogen-bond donors (Lipinski definition) is 3. The third-order valence-corrected chi connectivity index (χ3v) is 3.52. The summed E-state index contributed by atoms with van der Waals surface area (Å²) < 4.78 is 20.1. The highest BCUT2D eigenvalue weighted by Crippen LogP contribution is 2.12. The zero-order valence-electron chi connectivity index (χ0n) is 23.7. The number of rotatable bonds is 4. The van der Waals surface area contributed by atoms with E-state index in [0.717, 1.165) is 15.8 Å². The van der Waals surface area contributed by atoms with Gasteiger partial charge in [-0.1, -0.05) is 0 Å². The lowest BCUT2D eigenvalue weighted by molar-refractivity contribution is -0.0294. The Morgan fingerprint density at radius 1 is 0.789 bits per heavy atom. The standard InChI is InChI=1S/C10H16N2O3.C10H18O5.C5H8N2O/c1-10(2,3)15-9(14)12-7-8(4-5-13)6-11-12;1-9(2,3)14-7(11)13-8(12)15-10(4,5)6;8-2-1-5-3-6-7-4-5/h6-7,13H,4-5H2,1-3H3;1-6H3;3-4,8H,1-2H2,(H,6,7). The Morgan fingerprint density at radius 2 is 1.26 bits per heavy atom. The lowest BCUT2D eigenvalue weighted by atomic mass is 10.2. The van der Waals surface area contributed by atoms with Crippen LogP contribution < -0.4 is 0 Å². The molecule has 0 aliphatic heterocycles. The van der Waals surface area contributed by atoms with Gasteiger partial charge in [0.25, 0.3) is 0 Å². The molecular formula is C25H42N4O9. The SMILES string of the molecule is CC(C)(C)OC(=O)OC(=O)OC(C)(C)C.CC(C)(C)OC(=O)n1cc(CCO)cn1.OCCc1cn[nH]c1. The number of nitrogens with one attached hydrogen (secondary N) is 1. The second-order valence-corrected chi connectivity index (χ2v) is 10.9. The molecule has 2 aromatic heterocycles. The number of nitrogens with zero attached hydrogens (tertiary/aromatic N) is 3. The van der Waals surface area contributed by atoms with Gasteiger partial charge in [0.15, 0.2) is 0 Å². The molecule has 0 radical (unpaired) electrons. The van der Waals surface area contributed by atoms with E-state index in [-0.39, 0.29) is 13.2 Å². The van der Waals surface area contributed by atoms with Crippen LogP contribution in [-0.2, 0) is 31.8 Å². The summed E-state index contributed by atoms with van der Waals surface area (Å²) in [6, 6.07) is 0. The fourth-order valence-electron chi connectivity index (χ4n) is 2.18. The first-order valence-corrected chi connectivity index (χ1v) is 12.0. The largest absolute Gasteiger partial charge is 0.519 e. The van der Waals surface area contributed by atoms with Gasteiger partial charge in [-0.3, -0.25) is 5.10 Å². The molecule has 0 aromatic carbocycles. The minimum absolute atomic E-state index is 0.0417. The van der Waals surface area contributed by atoms with Crippen molar-refractivity contribution in [1.82, 2.24) is 20.0 Å². The maximum Gasteiger partial charge on any atom is 0.519 e. The van der Waals surface area contributed by atoms with E-state index < -0.39 is 35.2 Å². The van der Waals surface area contributed by atoms with Gasteiger partial charge < -0.3 is 29.2 Å². The molecule has 2 aromatic rings. The summed E-state index contributed by atoms with van der Waals surface area (Å²) in [5, 5.41) is 27.3. The van der Waals surface area contributed by atoms with E-state index in [2.05, 4.69) is 20.0 Å². The Balaban J connectivity index is 0.000000565. The molecule has 0 amide bonds. The van der Waals surface area contributed by atoms with Crippen LogP contribution in [0.15, 0.2) is 24.8 Å².